The van der Waals surface area contributed by atoms with E-state index in [9.17, 15) is 5.11 Å². The number of imidazole rings is 1. The largest absolute Gasteiger partial charge is 0.497 e. The molecule has 402 valence electrons. The summed E-state index contributed by atoms with van der Waals surface area (Å²) in [5.41, 5.74) is 10.1. The second kappa shape index (κ2) is 21.9. The van der Waals surface area contributed by atoms with Crippen LogP contribution in [0.3, 0.4) is 0 Å². The van der Waals surface area contributed by atoms with Gasteiger partial charge in [0.2, 0.25) is 0 Å². The highest BCUT2D eigenvalue weighted by atomic mass is 16.5. The molecule has 5 rings (SSSR count). The molecule has 0 aromatic carbocycles. The molecule has 0 fully saturated rings. The maximum absolute atomic E-state index is 10.6. The van der Waals surface area contributed by atoms with Gasteiger partial charge in [-0.1, -0.05) is 218 Å². The number of nitrogens with zero attached hydrogens (tertiary/aromatic N) is 5. The molecule has 1 N–H and O–H groups in total. The summed E-state index contributed by atoms with van der Waals surface area (Å²) in [7, 11) is 2.07. The Balaban J connectivity index is 0.000000438. The molecule has 70 heavy (non-hydrogen) atoms. The maximum atomic E-state index is 10.6. The second-order valence-corrected chi connectivity index (χ2v) is 30.5. The predicted molar refractivity (Wildman–Crippen MR) is 299 cm³/mol. The van der Waals surface area contributed by atoms with Crippen molar-refractivity contribution < 1.29 is 18.9 Å². The Morgan fingerprint density at radius 1 is 0.571 bits per heavy atom. The van der Waals surface area contributed by atoms with Crippen molar-refractivity contribution in [3.8, 4) is 0 Å². The van der Waals surface area contributed by atoms with E-state index in [-0.39, 0.29) is 54.1 Å². The van der Waals surface area contributed by atoms with Gasteiger partial charge < -0.3 is 23.5 Å². The van der Waals surface area contributed by atoms with Crippen molar-refractivity contribution >= 4 is 6.21 Å². The number of ether oxygens (including phenoxy) is 1. The predicted octanol–water partition coefficient (Wildman–Crippen LogP) is 17.2. The Morgan fingerprint density at radius 2 is 1.07 bits per heavy atom. The fraction of sp³-hybridized carbons (Fsp3) is 0.770. The van der Waals surface area contributed by atoms with Gasteiger partial charge in [0.1, 0.15) is 17.3 Å². The van der Waals surface area contributed by atoms with E-state index in [0.717, 1.165) is 35.0 Å². The number of aliphatic hydroxyl groups is 1. The summed E-state index contributed by atoms with van der Waals surface area (Å²) in [6, 6.07) is 0. The molecule has 0 saturated heterocycles. The highest BCUT2D eigenvalue weighted by molar-refractivity contribution is 5.68. The number of hydrogen-bond donors (Lipinski definition) is 1. The molecule has 0 spiro atoms. The van der Waals surface area contributed by atoms with Gasteiger partial charge in [-0.3, -0.25) is 4.99 Å². The molecular formula is C61H109N5O4. The van der Waals surface area contributed by atoms with Gasteiger partial charge in [0, 0.05) is 86.7 Å². The molecular weight excluding hydrogens is 867 g/mol. The van der Waals surface area contributed by atoms with Gasteiger partial charge in [0.25, 0.3) is 0 Å². The van der Waals surface area contributed by atoms with Crippen LogP contribution in [0.15, 0.2) is 49.2 Å². The summed E-state index contributed by atoms with van der Waals surface area (Å²) in [5.74, 6) is 2.98. The zero-order valence-corrected chi connectivity index (χ0v) is 51.8. The first-order valence-electron chi connectivity index (χ1n) is 26.0. The van der Waals surface area contributed by atoms with Crippen LogP contribution < -0.4 is 0 Å². The fourth-order valence-corrected chi connectivity index (χ4v) is 9.19. The molecule has 0 aliphatic carbocycles. The van der Waals surface area contributed by atoms with E-state index in [0.29, 0.717) is 13.0 Å². The Kier molecular flexibility index (Phi) is 20.2. The summed E-state index contributed by atoms with van der Waals surface area (Å²) >= 11 is 0. The van der Waals surface area contributed by atoms with Gasteiger partial charge in [-0.05, 0) is 41.1 Å². The fourth-order valence-electron chi connectivity index (χ4n) is 9.19. The molecule has 9 nitrogen and oxygen atoms in total. The summed E-state index contributed by atoms with van der Waals surface area (Å²) < 4.78 is 18.7. The van der Waals surface area contributed by atoms with Crippen molar-refractivity contribution in [2.24, 2.45) is 33.7 Å². The first-order chi connectivity index (χ1) is 30.7. The SMILES string of the molecule is CC(C)(C)C1=C(C(C)(C)C)C(C)(O)CCO1.CC(C)(C)C1=C(C(C)(C)C)N=CC1.CC(C)(C)c1cnoc1C(C)(C)C.Cc1noc(C(C)(C)C)c1C(C)(C)C.Cn1cnc(C(C)(C)C)c1C(C)(C)C. The average Bonchev–Trinajstić information content (AvgIpc) is 3.91. The van der Waals surface area contributed by atoms with Crippen LogP contribution in [0.25, 0.3) is 0 Å². The first-order valence-corrected chi connectivity index (χ1v) is 26.0. The standard InChI is InChI=1S/C14H26O2.C12H22N2.C12H21NO.C12H21N.C11H19NO/c1-12(2,3)10-11(13(4,5)6)16-9-8-14(10,7)15;1-11(2,3)9-10(12(4,5)6)14(7)8-13-9;1-8-9(11(2,3)4)10(14-13-8)12(5,6)7;1-11(2,3)9-7-8-13-10(9)12(4,5)6;1-10(2,3)8-7-12-13-9(8)11(4,5)6/h15H,8-9H2,1-7H3;8H,1-7H3;1-7H3;8H,7H2,1-6H3;7H,1-6H3. The minimum absolute atomic E-state index is 0.0316. The molecule has 9 heteroatoms. The minimum atomic E-state index is -0.737. The van der Waals surface area contributed by atoms with E-state index in [1.54, 1.807) is 0 Å². The van der Waals surface area contributed by atoms with Gasteiger partial charge in [0.05, 0.1) is 36.1 Å². The van der Waals surface area contributed by atoms with Gasteiger partial charge in [-0.25, -0.2) is 4.98 Å². The lowest BCUT2D eigenvalue weighted by molar-refractivity contribution is -0.00437. The smallest absolute Gasteiger partial charge is 0.146 e. The van der Waals surface area contributed by atoms with E-state index in [1.807, 2.05) is 32.6 Å². The van der Waals surface area contributed by atoms with E-state index >= 15 is 0 Å². The van der Waals surface area contributed by atoms with Gasteiger partial charge in [0.15, 0.2) is 0 Å². The van der Waals surface area contributed by atoms with Gasteiger partial charge in [-0.2, -0.15) is 0 Å². The van der Waals surface area contributed by atoms with Crippen LogP contribution in [0.5, 0.6) is 0 Å². The number of aliphatic imine (C=N–C) groups is 1. The average molecular weight is 977 g/mol. The van der Waals surface area contributed by atoms with Crippen LogP contribution in [0.2, 0.25) is 0 Å². The summed E-state index contributed by atoms with van der Waals surface area (Å²) in [6.07, 6.45) is 7.51. The van der Waals surface area contributed by atoms with E-state index in [2.05, 4.69) is 240 Å². The molecule has 1 unspecified atom stereocenters. The van der Waals surface area contributed by atoms with Crippen molar-refractivity contribution in [1.82, 2.24) is 19.9 Å². The van der Waals surface area contributed by atoms with E-state index in [4.69, 9.17) is 13.8 Å². The molecule has 0 saturated carbocycles. The topological polar surface area (TPSA) is 112 Å². The zero-order chi connectivity index (χ0) is 55.6. The monoisotopic (exact) mass is 976 g/mol. The third-order valence-electron chi connectivity index (χ3n) is 12.2. The third-order valence-corrected chi connectivity index (χ3v) is 12.2. The Labute approximate surface area is 431 Å². The third kappa shape index (κ3) is 18.2. The van der Waals surface area contributed by atoms with Crippen molar-refractivity contribution in [1.29, 1.82) is 0 Å². The number of hydrogen-bond acceptors (Lipinski definition) is 8. The van der Waals surface area contributed by atoms with E-state index < -0.39 is 5.60 Å². The lowest BCUT2D eigenvalue weighted by Gasteiger charge is -2.43. The molecule has 1 atom stereocenters. The zero-order valence-electron chi connectivity index (χ0n) is 51.8. The van der Waals surface area contributed by atoms with Crippen molar-refractivity contribution in [3.63, 3.8) is 0 Å². The summed E-state index contributed by atoms with van der Waals surface area (Å²) in [5, 5.41) is 18.5. The highest BCUT2D eigenvalue weighted by Crippen LogP contribution is 2.47. The normalized spacial score (nSPS) is 17.7. The number of aromatic nitrogens is 4. The second-order valence-electron chi connectivity index (χ2n) is 30.5. The molecule has 3 aromatic rings. The highest BCUT2D eigenvalue weighted by Gasteiger charge is 2.43. The number of rotatable bonds is 0. The minimum Gasteiger partial charge on any atom is -0.497 e. The van der Waals surface area contributed by atoms with E-state index in [1.165, 1.54) is 33.8 Å². The van der Waals surface area contributed by atoms with Crippen LogP contribution in [0, 0.1) is 28.6 Å². The molecule has 5 heterocycles. The lowest BCUT2D eigenvalue weighted by atomic mass is 9.70. The van der Waals surface area contributed by atoms with Crippen LogP contribution in [-0.2, 0) is 44.3 Å². The van der Waals surface area contributed by atoms with Gasteiger partial charge in [-0.15, -0.1) is 0 Å². The summed E-state index contributed by atoms with van der Waals surface area (Å²) in [4.78, 5) is 9.03. The Morgan fingerprint density at radius 3 is 1.37 bits per heavy atom. The molecule has 0 radical (unpaired) electrons. The first kappa shape index (κ1) is 64.6. The number of allylic oxidation sites excluding steroid dienone is 3. The molecule has 2 aliphatic heterocycles. The van der Waals surface area contributed by atoms with Crippen LogP contribution in [0.4, 0.5) is 0 Å². The Hall–Kier alpha value is -3.46. The molecule has 3 aromatic heterocycles. The number of aryl methyl sites for hydroxylation is 2. The van der Waals surface area contributed by atoms with Crippen molar-refractivity contribution in [2.45, 2.75) is 272 Å². The molecule has 0 bridgehead atoms. The van der Waals surface area contributed by atoms with Crippen LogP contribution in [-0.4, -0.2) is 43.4 Å². The molecule has 2 aliphatic rings. The van der Waals surface area contributed by atoms with Crippen molar-refractivity contribution in [3.05, 3.63) is 74.9 Å². The quantitative estimate of drug-likeness (QED) is 0.239. The lowest BCUT2D eigenvalue weighted by Crippen LogP contribution is -2.42. The van der Waals surface area contributed by atoms with Crippen molar-refractivity contribution in [2.75, 3.05) is 6.61 Å². The Bertz CT molecular complexity index is 2140. The maximum Gasteiger partial charge on any atom is 0.146 e. The van der Waals surface area contributed by atoms with Crippen LogP contribution in [0.1, 0.15) is 267 Å². The molecule has 0 amide bonds. The van der Waals surface area contributed by atoms with Crippen LogP contribution >= 0.6 is 0 Å². The van der Waals surface area contributed by atoms with Gasteiger partial charge >= 0.3 is 0 Å². The summed E-state index contributed by atoms with van der Waals surface area (Å²) in [6.45, 7) is 70.2.